The molecule has 1 aliphatic heterocycles. The van der Waals surface area contributed by atoms with Crippen LogP contribution < -0.4 is 16.2 Å². The smallest absolute Gasteiger partial charge is 0.269 e. The molecule has 3 amide bonds. The Morgan fingerprint density at radius 3 is 2.29 bits per heavy atom. The lowest BCUT2D eigenvalue weighted by atomic mass is 10.2. The molecule has 0 radical (unpaired) electrons. The Morgan fingerprint density at radius 1 is 0.912 bits per heavy atom. The number of amides is 3. The van der Waals surface area contributed by atoms with E-state index in [1.54, 1.807) is 24.3 Å². The Hall–Kier alpha value is -2.60. The van der Waals surface area contributed by atoms with Crippen LogP contribution in [0.1, 0.15) is 29.6 Å². The highest BCUT2D eigenvalue weighted by molar-refractivity contribution is 8.00. The molecule has 3 rings (SSSR count). The Bertz CT molecular complexity index is 1140. The van der Waals surface area contributed by atoms with Crippen molar-refractivity contribution in [2.24, 2.45) is 0 Å². The van der Waals surface area contributed by atoms with Crippen LogP contribution in [0, 0.1) is 0 Å². The zero-order chi connectivity index (χ0) is 24.6. The highest BCUT2D eigenvalue weighted by Gasteiger charge is 2.26. The van der Waals surface area contributed by atoms with E-state index in [1.807, 2.05) is 0 Å². The van der Waals surface area contributed by atoms with Crippen LogP contribution >= 0.6 is 23.4 Å². The van der Waals surface area contributed by atoms with Crippen LogP contribution in [0.3, 0.4) is 0 Å². The summed E-state index contributed by atoms with van der Waals surface area (Å²) in [5.74, 6) is -1.45. The predicted molar refractivity (Wildman–Crippen MR) is 132 cm³/mol. The number of halogens is 1. The molecule has 1 aliphatic rings. The predicted octanol–water partition coefficient (Wildman–Crippen LogP) is 2.65. The molecule has 0 unspecified atom stereocenters. The van der Waals surface area contributed by atoms with Gasteiger partial charge in [0.05, 0.1) is 16.4 Å². The molecular weight excluding hydrogens is 500 g/mol. The third-order valence-electron chi connectivity index (χ3n) is 4.96. The Balaban J connectivity index is 1.44. The first-order valence-electron chi connectivity index (χ1n) is 10.6. The molecule has 0 aliphatic carbocycles. The standard InChI is InChI=1S/C22H25ClN4O5S2/c23-17-7-9-18(10-8-17)24-20(28)14-33-15-21(29)25-26-22(30)16-5-4-6-19(13-16)34(31,32)27-11-2-1-3-12-27/h4-10,13H,1-3,11-12,14-15H2,(H,24,28)(H,25,29)(H,26,30). The Kier molecular flexibility index (Phi) is 9.34. The second-order valence-corrected chi connectivity index (χ2v) is 10.9. The maximum absolute atomic E-state index is 12.8. The van der Waals surface area contributed by atoms with Gasteiger partial charge in [-0.05, 0) is 55.3 Å². The zero-order valence-electron chi connectivity index (χ0n) is 18.3. The minimum absolute atomic E-state index is 0.0376. The lowest BCUT2D eigenvalue weighted by Crippen LogP contribution is -2.42. The molecule has 3 N–H and O–H groups in total. The summed E-state index contributed by atoms with van der Waals surface area (Å²) in [6.07, 6.45) is 2.62. The van der Waals surface area contributed by atoms with Crippen molar-refractivity contribution >= 4 is 56.8 Å². The van der Waals surface area contributed by atoms with Crippen LogP contribution in [0.2, 0.25) is 5.02 Å². The van der Waals surface area contributed by atoms with Gasteiger partial charge < -0.3 is 5.32 Å². The Morgan fingerprint density at radius 2 is 1.59 bits per heavy atom. The van der Waals surface area contributed by atoms with Crippen LogP contribution in [-0.4, -0.2) is 55.0 Å². The van der Waals surface area contributed by atoms with E-state index in [1.165, 1.54) is 28.6 Å². The van der Waals surface area contributed by atoms with E-state index in [4.69, 9.17) is 11.6 Å². The maximum atomic E-state index is 12.8. The largest absolute Gasteiger partial charge is 0.325 e. The summed E-state index contributed by atoms with van der Waals surface area (Å²) in [4.78, 5) is 36.4. The van der Waals surface area contributed by atoms with Crippen LogP contribution in [-0.2, 0) is 19.6 Å². The van der Waals surface area contributed by atoms with E-state index in [0.29, 0.717) is 23.8 Å². The van der Waals surface area contributed by atoms with Gasteiger partial charge in [0, 0.05) is 29.4 Å². The molecule has 34 heavy (non-hydrogen) atoms. The Labute approximate surface area is 207 Å². The van der Waals surface area contributed by atoms with Crippen LogP contribution in [0.15, 0.2) is 53.4 Å². The fourth-order valence-electron chi connectivity index (χ4n) is 3.25. The van der Waals surface area contributed by atoms with Gasteiger partial charge in [-0.2, -0.15) is 4.31 Å². The monoisotopic (exact) mass is 524 g/mol. The summed E-state index contributed by atoms with van der Waals surface area (Å²) in [6, 6.07) is 12.3. The molecule has 0 aromatic heterocycles. The minimum atomic E-state index is -3.68. The van der Waals surface area contributed by atoms with Gasteiger partial charge in [-0.25, -0.2) is 8.42 Å². The second-order valence-electron chi connectivity index (χ2n) is 7.54. The van der Waals surface area contributed by atoms with Gasteiger partial charge in [0.15, 0.2) is 0 Å². The lowest BCUT2D eigenvalue weighted by molar-refractivity contribution is -0.119. The molecule has 0 bridgehead atoms. The molecule has 2 aromatic carbocycles. The van der Waals surface area contributed by atoms with Crippen molar-refractivity contribution in [3.8, 4) is 0 Å². The summed E-state index contributed by atoms with van der Waals surface area (Å²) in [7, 11) is -3.68. The molecule has 1 saturated heterocycles. The van der Waals surface area contributed by atoms with Gasteiger partial charge in [-0.15, -0.1) is 11.8 Å². The number of thioether (sulfide) groups is 1. The number of rotatable bonds is 8. The minimum Gasteiger partial charge on any atom is -0.325 e. The number of nitrogens with zero attached hydrogens (tertiary/aromatic N) is 1. The van der Waals surface area contributed by atoms with Crippen LogP contribution in [0.5, 0.6) is 0 Å². The van der Waals surface area contributed by atoms with Gasteiger partial charge >= 0.3 is 0 Å². The number of anilines is 1. The molecule has 0 saturated carbocycles. The second kappa shape index (κ2) is 12.2. The van der Waals surface area contributed by atoms with Crippen molar-refractivity contribution in [1.82, 2.24) is 15.2 Å². The molecule has 1 heterocycles. The first-order valence-corrected chi connectivity index (χ1v) is 13.6. The average molecular weight is 525 g/mol. The molecular formula is C22H25ClN4O5S2. The van der Waals surface area contributed by atoms with Gasteiger partial charge in [-0.1, -0.05) is 24.1 Å². The molecule has 2 aromatic rings. The van der Waals surface area contributed by atoms with Gasteiger partial charge in [0.25, 0.3) is 5.91 Å². The highest BCUT2D eigenvalue weighted by atomic mass is 35.5. The average Bonchev–Trinajstić information content (AvgIpc) is 2.84. The summed E-state index contributed by atoms with van der Waals surface area (Å²) < 4.78 is 27.1. The van der Waals surface area contributed by atoms with E-state index < -0.39 is 21.8 Å². The summed E-state index contributed by atoms with van der Waals surface area (Å²) in [6.45, 7) is 0.925. The number of nitrogens with one attached hydrogen (secondary N) is 3. The van der Waals surface area contributed by atoms with Crippen molar-refractivity contribution in [1.29, 1.82) is 0 Å². The molecule has 1 fully saturated rings. The number of carbonyl (C=O) groups is 3. The molecule has 12 heteroatoms. The maximum Gasteiger partial charge on any atom is 0.269 e. The number of sulfonamides is 1. The van der Waals surface area contributed by atoms with Crippen LogP contribution in [0.25, 0.3) is 0 Å². The SMILES string of the molecule is O=C(CSCC(=O)Nc1ccc(Cl)cc1)NNC(=O)c1cccc(S(=O)(=O)N2CCCCC2)c1. The first-order chi connectivity index (χ1) is 16.3. The summed E-state index contributed by atoms with van der Waals surface area (Å²) in [5.41, 5.74) is 5.23. The number of benzene rings is 2. The molecule has 9 nitrogen and oxygen atoms in total. The highest BCUT2D eigenvalue weighted by Crippen LogP contribution is 2.21. The van der Waals surface area contributed by atoms with E-state index in [0.717, 1.165) is 31.0 Å². The fourth-order valence-corrected chi connectivity index (χ4v) is 5.56. The third kappa shape index (κ3) is 7.45. The zero-order valence-corrected chi connectivity index (χ0v) is 20.6. The summed E-state index contributed by atoms with van der Waals surface area (Å²) in [5, 5.41) is 3.24. The van der Waals surface area contributed by atoms with Crippen molar-refractivity contribution in [3.63, 3.8) is 0 Å². The van der Waals surface area contributed by atoms with E-state index in [2.05, 4.69) is 16.2 Å². The van der Waals surface area contributed by atoms with Gasteiger partial charge in [0.2, 0.25) is 21.8 Å². The van der Waals surface area contributed by atoms with Crippen molar-refractivity contribution in [3.05, 3.63) is 59.1 Å². The van der Waals surface area contributed by atoms with E-state index >= 15 is 0 Å². The fraction of sp³-hybridized carbons (Fsp3) is 0.318. The number of hydrazine groups is 1. The summed E-state index contributed by atoms with van der Waals surface area (Å²) >= 11 is 6.87. The normalized spacial score (nSPS) is 14.3. The number of piperidine rings is 1. The molecule has 0 spiro atoms. The quantitative estimate of drug-likeness (QED) is 0.456. The van der Waals surface area contributed by atoms with E-state index in [9.17, 15) is 22.8 Å². The first kappa shape index (κ1) is 26.0. The van der Waals surface area contributed by atoms with Gasteiger partial charge in [0.1, 0.15) is 0 Å². The van der Waals surface area contributed by atoms with Gasteiger partial charge in [-0.3, -0.25) is 25.2 Å². The topological polar surface area (TPSA) is 125 Å². The lowest BCUT2D eigenvalue weighted by Gasteiger charge is -2.26. The van der Waals surface area contributed by atoms with Crippen LogP contribution in [0.4, 0.5) is 5.69 Å². The molecule has 182 valence electrons. The number of hydrogen-bond donors (Lipinski definition) is 3. The van der Waals surface area contributed by atoms with Crippen molar-refractivity contribution in [2.45, 2.75) is 24.2 Å². The third-order valence-corrected chi connectivity index (χ3v) is 8.04. The number of carbonyl (C=O) groups excluding carboxylic acids is 3. The van der Waals surface area contributed by atoms with Crippen molar-refractivity contribution in [2.75, 3.05) is 29.9 Å². The van der Waals surface area contributed by atoms with E-state index in [-0.39, 0.29) is 27.9 Å². The van der Waals surface area contributed by atoms with Crippen molar-refractivity contribution < 1.29 is 22.8 Å². The molecule has 0 atom stereocenters. The number of hydrogen-bond acceptors (Lipinski definition) is 6.